The molecule has 0 amide bonds. The van der Waals surface area contributed by atoms with Crippen LogP contribution in [0.3, 0.4) is 0 Å². The first-order valence-electron chi connectivity index (χ1n) is 17.3. The van der Waals surface area contributed by atoms with E-state index in [1.165, 1.54) is 50.5 Å². The molecule has 0 aromatic heterocycles. The number of hydrogen-bond acceptors (Lipinski definition) is 10. The maximum absolute atomic E-state index is 5.78. The Morgan fingerprint density at radius 2 is 0.717 bits per heavy atom. The molecule has 0 spiro atoms. The number of benzene rings is 1. The van der Waals surface area contributed by atoms with Crippen LogP contribution in [0, 0.1) is 0 Å². The summed E-state index contributed by atoms with van der Waals surface area (Å²) in [6.45, 7) is 12.7. The average molecular weight is 724 g/mol. The molecule has 10 nitrogen and oxygen atoms in total. The van der Waals surface area contributed by atoms with E-state index < -0.39 is 0 Å². The summed E-state index contributed by atoms with van der Waals surface area (Å²) < 4.78 is 55.0. The van der Waals surface area contributed by atoms with Crippen molar-refractivity contribution in [2.45, 2.75) is 58.3 Å². The van der Waals surface area contributed by atoms with Crippen LogP contribution in [0.1, 0.15) is 57.4 Å². The highest BCUT2D eigenvalue weighted by Crippen LogP contribution is 2.15. The highest BCUT2D eigenvalue weighted by atomic mass is 79.9. The summed E-state index contributed by atoms with van der Waals surface area (Å²) in [5, 5.41) is 0.841. The smallest absolute Gasteiger partial charge is 0.119 e. The van der Waals surface area contributed by atoms with Crippen LogP contribution in [0.4, 0.5) is 0 Å². The van der Waals surface area contributed by atoms with Gasteiger partial charge in [0.25, 0.3) is 0 Å². The predicted molar refractivity (Wildman–Crippen MR) is 185 cm³/mol. The Kier molecular flexibility index (Phi) is 34.7. The van der Waals surface area contributed by atoms with E-state index in [0.29, 0.717) is 126 Å². The molecule has 0 unspecified atom stereocenters. The van der Waals surface area contributed by atoms with Gasteiger partial charge in [-0.3, -0.25) is 0 Å². The minimum Gasteiger partial charge on any atom is -0.491 e. The second-order valence-electron chi connectivity index (χ2n) is 10.6. The van der Waals surface area contributed by atoms with Crippen molar-refractivity contribution in [1.29, 1.82) is 0 Å². The topological polar surface area (TPSA) is 92.3 Å². The van der Waals surface area contributed by atoms with E-state index in [-0.39, 0.29) is 0 Å². The molecule has 0 N–H and O–H groups in total. The van der Waals surface area contributed by atoms with Crippen LogP contribution in [0.5, 0.6) is 5.75 Å². The van der Waals surface area contributed by atoms with E-state index in [2.05, 4.69) is 47.1 Å². The maximum Gasteiger partial charge on any atom is 0.119 e. The normalized spacial score (nSPS) is 11.4. The molecule has 0 aliphatic carbocycles. The van der Waals surface area contributed by atoms with Crippen LogP contribution in [0.2, 0.25) is 0 Å². The lowest BCUT2D eigenvalue weighted by Gasteiger charge is -2.09. The number of unbranched alkanes of at least 4 members (excludes halogenated alkanes) is 6. The predicted octanol–water partition coefficient (Wildman–Crippen LogP) is 5.90. The molecule has 0 radical (unpaired) electrons. The molecule has 0 saturated carbocycles. The van der Waals surface area contributed by atoms with Crippen LogP contribution in [-0.4, -0.2) is 131 Å². The molecule has 11 heteroatoms. The summed E-state index contributed by atoms with van der Waals surface area (Å²) in [7, 11) is 0. The molecule has 0 aliphatic heterocycles. The Balaban J connectivity index is 1.71. The second-order valence-corrected chi connectivity index (χ2v) is 11.4. The second kappa shape index (κ2) is 37.0. The Morgan fingerprint density at radius 3 is 1.09 bits per heavy atom. The van der Waals surface area contributed by atoms with E-state index in [1.807, 2.05) is 0 Å². The fourth-order valence-corrected chi connectivity index (χ4v) is 4.40. The Hall–Kier alpha value is -0.860. The number of ether oxygens (including phenoxy) is 10. The van der Waals surface area contributed by atoms with Crippen molar-refractivity contribution >= 4 is 15.9 Å². The summed E-state index contributed by atoms with van der Waals surface area (Å²) in [5.41, 5.74) is 1.38. The van der Waals surface area contributed by atoms with E-state index >= 15 is 0 Å². The van der Waals surface area contributed by atoms with Crippen LogP contribution in [-0.2, 0) is 49.1 Å². The lowest BCUT2D eigenvalue weighted by Crippen LogP contribution is -2.15. The molecule has 0 saturated heterocycles. The SMILES string of the molecule is CCCCCCCCCc1ccc(OCCOCCOCCOCCOCCOCCOCCOCCOCCOCCBr)cc1. The minimum atomic E-state index is 0.524. The number of aryl methyl sites for hydroxylation is 1. The van der Waals surface area contributed by atoms with Gasteiger partial charge in [0.15, 0.2) is 0 Å². The molecular weight excluding hydrogens is 660 g/mol. The molecule has 0 bridgehead atoms. The summed E-state index contributed by atoms with van der Waals surface area (Å²) in [6.07, 6.45) is 10.5. The number of rotatable bonds is 38. The molecule has 1 aromatic carbocycles. The van der Waals surface area contributed by atoms with Crippen molar-refractivity contribution in [1.82, 2.24) is 0 Å². The molecule has 1 rings (SSSR count). The average Bonchev–Trinajstić information content (AvgIpc) is 3.07. The fourth-order valence-electron chi connectivity index (χ4n) is 4.17. The number of alkyl halides is 1. The van der Waals surface area contributed by atoms with Crippen LogP contribution in [0.15, 0.2) is 24.3 Å². The summed E-state index contributed by atoms with van der Waals surface area (Å²) in [5.74, 6) is 0.890. The zero-order chi connectivity index (χ0) is 32.9. The van der Waals surface area contributed by atoms with Gasteiger partial charge in [-0.05, 0) is 30.5 Å². The number of hydrogen-bond donors (Lipinski definition) is 0. The third kappa shape index (κ3) is 31.7. The van der Waals surface area contributed by atoms with Gasteiger partial charge in [0.05, 0.1) is 119 Å². The minimum absolute atomic E-state index is 0.524. The van der Waals surface area contributed by atoms with Crippen LogP contribution < -0.4 is 4.74 Å². The summed E-state index contributed by atoms with van der Waals surface area (Å²) in [4.78, 5) is 0. The molecular formula is C35H63BrO10. The van der Waals surface area contributed by atoms with Gasteiger partial charge in [-0.25, -0.2) is 0 Å². The molecule has 0 aliphatic rings. The van der Waals surface area contributed by atoms with Gasteiger partial charge in [-0.15, -0.1) is 0 Å². The van der Waals surface area contributed by atoms with Crippen molar-refractivity contribution in [3.63, 3.8) is 0 Å². The third-order valence-electron chi connectivity index (χ3n) is 6.69. The molecule has 0 atom stereocenters. The Labute approximate surface area is 287 Å². The third-order valence-corrected chi connectivity index (χ3v) is 7.01. The number of halogens is 1. The highest BCUT2D eigenvalue weighted by Gasteiger charge is 1.99. The van der Waals surface area contributed by atoms with Gasteiger partial charge in [0, 0.05) is 5.33 Å². The summed E-state index contributed by atoms with van der Waals surface area (Å²) >= 11 is 3.30. The molecule has 46 heavy (non-hydrogen) atoms. The van der Waals surface area contributed by atoms with Gasteiger partial charge < -0.3 is 47.4 Å². The van der Waals surface area contributed by atoms with Crippen LogP contribution in [0.25, 0.3) is 0 Å². The zero-order valence-corrected chi connectivity index (χ0v) is 30.2. The first-order valence-corrected chi connectivity index (χ1v) is 18.5. The van der Waals surface area contributed by atoms with Crippen molar-refractivity contribution < 1.29 is 47.4 Å². The molecule has 0 fully saturated rings. The van der Waals surface area contributed by atoms with Crippen LogP contribution >= 0.6 is 15.9 Å². The fraction of sp³-hybridized carbons (Fsp3) is 0.829. The van der Waals surface area contributed by atoms with E-state index in [9.17, 15) is 0 Å². The first-order chi connectivity index (χ1) is 22.9. The lowest BCUT2D eigenvalue weighted by atomic mass is 10.0. The van der Waals surface area contributed by atoms with Gasteiger partial charge in [-0.2, -0.15) is 0 Å². The van der Waals surface area contributed by atoms with Gasteiger partial charge in [0.1, 0.15) is 12.4 Å². The Morgan fingerprint density at radius 1 is 0.391 bits per heavy atom. The van der Waals surface area contributed by atoms with Crippen molar-refractivity contribution in [3.8, 4) is 5.75 Å². The van der Waals surface area contributed by atoms with Crippen molar-refractivity contribution in [2.75, 3.05) is 131 Å². The maximum atomic E-state index is 5.78. The molecule has 0 heterocycles. The highest BCUT2D eigenvalue weighted by molar-refractivity contribution is 9.09. The largest absolute Gasteiger partial charge is 0.491 e. The van der Waals surface area contributed by atoms with Crippen molar-refractivity contribution in [2.24, 2.45) is 0 Å². The Bertz CT molecular complexity index is 713. The van der Waals surface area contributed by atoms with Gasteiger partial charge >= 0.3 is 0 Å². The van der Waals surface area contributed by atoms with Crippen molar-refractivity contribution in [3.05, 3.63) is 29.8 Å². The zero-order valence-electron chi connectivity index (χ0n) is 28.6. The molecule has 270 valence electrons. The van der Waals surface area contributed by atoms with E-state index in [4.69, 9.17) is 47.4 Å². The van der Waals surface area contributed by atoms with Gasteiger partial charge in [-0.1, -0.05) is 73.5 Å². The summed E-state index contributed by atoms with van der Waals surface area (Å²) in [6, 6.07) is 8.46. The lowest BCUT2D eigenvalue weighted by molar-refractivity contribution is -0.0251. The van der Waals surface area contributed by atoms with Gasteiger partial charge in [0.2, 0.25) is 0 Å². The monoisotopic (exact) mass is 722 g/mol. The first kappa shape index (κ1) is 43.2. The quantitative estimate of drug-likeness (QED) is 0.0607. The van der Waals surface area contributed by atoms with E-state index in [0.717, 1.165) is 17.5 Å². The molecule has 1 aromatic rings. The standard InChI is InChI=1S/C35H63BrO10/c1-2-3-4-5-6-7-8-9-34-10-12-35(13-11-34)46-33-32-45-31-30-44-29-28-43-27-26-42-25-24-41-23-22-40-21-20-39-19-18-38-17-16-37-15-14-36/h10-13H,2-9,14-33H2,1H3. The van der Waals surface area contributed by atoms with E-state index in [1.54, 1.807) is 0 Å².